The van der Waals surface area contributed by atoms with Gasteiger partial charge >= 0.3 is 6.01 Å². The van der Waals surface area contributed by atoms with Crippen molar-refractivity contribution in [2.24, 2.45) is 0 Å². The number of fused-ring (bicyclic) bond motifs is 1. The minimum atomic E-state index is -0.495. The molecule has 0 atom stereocenters. The Labute approximate surface area is 221 Å². The normalized spacial score (nSPS) is 14.1. The average molecular weight is 520 g/mol. The molecule has 37 heavy (non-hydrogen) atoms. The molecule has 5 rings (SSSR count). The van der Waals surface area contributed by atoms with Crippen molar-refractivity contribution in [1.82, 2.24) is 20.3 Å². The van der Waals surface area contributed by atoms with Gasteiger partial charge < -0.3 is 24.7 Å². The molecule has 2 aromatic carbocycles. The van der Waals surface area contributed by atoms with Crippen LogP contribution in [0.2, 0.25) is 5.02 Å². The highest BCUT2D eigenvalue weighted by molar-refractivity contribution is 6.33. The monoisotopic (exact) mass is 519 g/mol. The summed E-state index contributed by atoms with van der Waals surface area (Å²) in [6.45, 7) is 10.7. The van der Waals surface area contributed by atoms with E-state index in [-0.39, 0.29) is 5.91 Å². The molecule has 0 unspecified atom stereocenters. The number of hydrogen-bond donors (Lipinski definition) is 2. The van der Waals surface area contributed by atoms with Gasteiger partial charge in [0.15, 0.2) is 5.65 Å². The van der Waals surface area contributed by atoms with Gasteiger partial charge in [0, 0.05) is 31.3 Å². The minimum Gasteiger partial charge on any atom is -0.426 e. The lowest BCUT2D eigenvalue weighted by Crippen LogP contribution is -2.40. The average Bonchev–Trinajstić information content (AvgIpc) is 3.24. The Bertz CT molecular complexity index is 1440. The summed E-state index contributed by atoms with van der Waals surface area (Å²) in [6.07, 6.45) is 0. The molecule has 1 aliphatic heterocycles. The Morgan fingerprint density at radius 2 is 1.84 bits per heavy atom. The second kappa shape index (κ2) is 10.0. The quantitative estimate of drug-likeness (QED) is 0.345. The lowest BCUT2D eigenvalue weighted by molar-refractivity contribution is -0.120. The number of hydrogen-bond acceptors (Lipinski definition) is 6. The van der Waals surface area contributed by atoms with Gasteiger partial charge in [-0.1, -0.05) is 29.8 Å². The summed E-state index contributed by atoms with van der Waals surface area (Å²) in [5, 5.41) is 3.51. The fraction of sp³-hybridized carbons (Fsp3) is 0.321. The summed E-state index contributed by atoms with van der Waals surface area (Å²) in [6, 6.07) is 16.1. The molecule has 2 aromatic heterocycles. The number of halogens is 1. The number of anilines is 1. The Morgan fingerprint density at radius 3 is 2.51 bits per heavy atom. The Morgan fingerprint density at radius 1 is 1.11 bits per heavy atom. The molecule has 4 aromatic rings. The van der Waals surface area contributed by atoms with E-state index in [1.807, 2.05) is 57.2 Å². The summed E-state index contributed by atoms with van der Waals surface area (Å²) >= 11 is 6.60. The molecule has 0 spiro atoms. The van der Waals surface area contributed by atoms with Gasteiger partial charge in [-0.2, -0.15) is 4.98 Å². The first-order valence-electron chi connectivity index (χ1n) is 12.3. The number of carbonyl (C=O) groups excluding carboxylic acids is 1. The van der Waals surface area contributed by atoms with E-state index < -0.39 is 5.54 Å². The van der Waals surface area contributed by atoms with Gasteiger partial charge in [-0.3, -0.25) is 4.79 Å². The van der Waals surface area contributed by atoms with Gasteiger partial charge in [-0.25, -0.2) is 4.98 Å². The van der Waals surface area contributed by atoms with Gasteiger partial charge in [0.05, 0.1) is 35.0 Å². The van der Waals surface area contributed by atoms with Crippen LogP contribution >= 0.6 is 11.6 Å². The second-order valence-electron chi connectivity index (χ2n) is 9.76. The van der Waals surface area contributed by atoms with Crippen molar-refractivity contribution in [2.75, 3.05) is 31.2 Å². The van der Waals surface area contributed by atoms with Crippen LogP contribution in [0.4, 0.5) is 5.69 Å². The standard InChI is InChI=1S/C28H30ClN5O3/c1-17-15-21(9-10-22(17)28(3,4)33-18(2)35)37-27-30-24-16-23(29)25(31-26(24)32-27)19-5-7-20(8-6-19)34-11-13-36-14-12-34/h5-10,15-16H,11-14H2,1-4H3,(H,33,35)(H,30,31,32). The van der Waals surface area contributed by atoms with E-state index in [0.717, 1.165) is 48.7 Å². The molecule has 0 radical (unpaired) electrons. The number of pyridine rings is 1. The maximum atomic E-state index is 11.6. The van der Waals surface area contributed by atoms with Crippen LogP contribution in [0.1, 0.15) is 31.9 Å². The molecule has 0 saturated carbocycles. The lowest BCUT2D eigenvalue weighted by atomic mass is 9.90. The van der Waals surface area contributed by atoms with Crippen LogP contribution in [0.15, 0.2) is 48.5 Å². The summed E-state index contributed by atoms with van der Waals surface area (Å²) in [5.41, 5.74) is 5.46. The largest absolute Gasteiger partial charge is 0.426 e. The van der Waals surface area contributed by atoms with Crippen LogP contribution < -0.4 is 15.0 Å². The lowest BCUT2D eigenvalue weighted by Gasteiger charge is -2.28. The number of imidazole rings is 1. The fourth-order valence-electron chi connectivity index (χ4n) is 4.82. The predicted molar refractivity (Wildman–Crippen MR) is 145 cm³/mol. The van der Waals surface area contributed by atoms with E-state index >= 15 is 0 Å². The number of nitrogens with one attached hydrogen (secondary N) is 2. The van der Waals surface area contributed by atoms with E-state index in [1.54, 1.807) is 0 Å². The highest BCUT2D eigenvalue weighted by atomic mass is 35.5. The van der Waals surface area contributed by atoms with Gasteiger partial charge in [0.2, 0.25) is 5.91 Å². The number of benzene rings is 2. The molecule has 1 saturated heterocycles. The van der Waals surface area contributed by atoms with E-state index in [2.05, 4.69) is 32.3 Å². The molecular weight excluding hydrogens is 490 g/mol. The van der Waals surface area contributed by atoms with Crippen molar-refractivity contribution in [3.05, 3.63) is 64.7 Å². The SMILES string of the molecule is CC(=O)NC(C)(C)c1ccc(Oc2nc3nc(-c4ccc(N5CCOCC5)cc4)c(Cl)cc3[nH]2)cc1C. The zero-order valence-electron chi connectivity index (χ0n) is 21.4. The molecular formula is C28H30ClN5O3. The zero-order chi connectivity index (χ0) is 26.2. The highest BCUT2D eigenvalue weighted by Gasteiger charge is 2.23. The second-order valence-corrected chi connectivity index (χ2v) is 10.2. The Balaban J connectivity index is 1.36. The Hall–Kier alpha value is -3.62. The highest BCUT2D eigenvalue weighted by Crippen LogP contribution is 2.33. The third kappa shape index (κ3) is 5.40. The molecule has 0 aliphatic carbocycles. The molecule has 3 heterocycles. The zero-order valence-corrected chi connectivity index (χ0v) is 22.1. The van der Waals surface area contributed by atoms with Crippen LogP contribution in [-0.2, 0) is 15.1 Å². The van der Waals surface area contributed by atoms with Crippen molar-refractivity contribution in [2.45, 2.75) is 33.2 Å². The first-order valence-corrected chi connectivity index (χ1v) is 12.6. The summed E-state index contributed by atoms with van der Waals surface area (Å²) in [5.74, 6) is 0.550. The number of morpholine rings is 1. The summed E-state index contributed by atoms with van der Waals surface area (Å²) in [4.78, 5) is 26.3. The molecule has 2 N–H and O–H groups in total. The van der Waals surface area contributed by atoms with E-state index in [0.29, 0.717) is 33.6 Å². The third-order valence-electron chi connectivity index (χ3n) is 6.50. The van der Waals surface area contributed by atoms with Crippen molar-refractivity contribution in [3.63, 3.8) is 0 Å². The third-order valence-corrected chi connectivity index (χ3v) is 6.78. The van der Waals surface area contributed by atoms with E-state index in [1.165, 1.54) is 6.92 Å². The number of ether oxygens (including phenoxy) is 2. The number of nitrogens with zero attached hydrogens (tertiary/aromatic N) is 3. The van der Waals surface area contributed by atoms with Crippen molar-refractivity contribution < 1.29 is 14.3 Å². The molecule has 0 bridgehead atoms. The fourth-order valence-corrected chi connectivity index (χ4v) is 5.08. The number of carbonyl (C=O) groups is 1. The number of amides is 1. The molecule has 192 valence electrons. The van der Waals surface area contributed by atoms with Crippen molar-refractivity contribution in [1.29, 1.82) is 0 Å². The van der Waals surface area contributed by atoms with Gasteiger partial charge in [0.1, 0.15) is 5.75 Å². The molecule has 1 amide bonds. The molecule has 1 aliphatic rings. The number of aromatic amines is 1. The summed E-state index contributed by atoms with van der Waals surface area (Å²) in [7, 11) is 0. The van der Waals surface area contributed by atoms with Gasteiger partial charge in [-0.05, 0) is 62.2 Å². The van der Waals surface area contributed by atoms with Crippen LogP contribution in [0.5, 0.6) is 11.8 Å². The predicted octanol–water partition coefficient (Wildman–Crippen LogP) is 5.59. The number of aromatic nitrogens is 3. The van der Waals surface area contributed by atoms with Gasteiger partial charge in [0.25, 0.3) is 0 Å². The topological polar surface area (TPSA) is 92.4 Å². The molecule has 1 fully saturated rings. The van der Waals surface area contributed by atoms with E-state index in [9.17, 15) is 4.79 Å². The first kappa shape index (κ1) is 25.0. The van der Waals surface area contributed by atoms with Gasteiger partial charge in [-0.15, -0.1) is 0 Å². The van der Waals surface area contributed by atoms with Crippen LogP contribution in [0, 0.1) is 6.92 Å². The maximum Gasteiger partial charge on any atom is 0.301 e. The Kier molecular flexibility index (Phi) is 6.79. The number of aryl methyl sites for hydroxylation is 1. The smallest absolute Gasteiger partial charge is 0.301 e. The number of rotatable bonds is 6. The van der Waals surface area contributed by atoms with Crippen LogP contribution in [0.25, 0.3) is 22.4 Å². The van der Waals surface area contributed by atoms with Crippen LogP contribution in [-0.4, -0.2) is 47.2 Å². The molecule has 8 nitrogen and oxygen atoms in total. The van der Waals surface area contributed by atoms with Crippen molar-refractivity contribution in [3.8, 4) is 23.0 Å². The maximum absolute atomic E-state index is 11.6. The molecule has 9 heteroatoms. The minimum absolute atomic E-state index is 0.0782. The van der Waals surface area contributed by atoms with Crippen LogP contribution in [0.3, 0.4) is 0 Å². The number of H-pyrrole nitrogens is 1. The van der Waals surface area contributed by atoms with E-state index in [4.69, 9.17) is 26.1 Å². The summed E-state index contributed by atoms with van der Waals surface area (Å²) < 4.78 is 11.5. The van der Waals surface area contributed by atoms with Crippen molar-refractivity contribution >= 4 is 34.4 Å². The first-order chi connectivity index (χ1) is 17.7.